The van der Waals surface area contributed by atoms with Crippen LogP contribution in [0.4, 0.5) is 9.93 Å². The van der Waals surface area contributed by atoms with Gasteiger partial charge >= 0.3 is 6.09 Å². The van der Waals surface area contributed by atoms with Crippen LogP contribution in [0.3, 0.4) is 0 Å². The number of hydrogen-bond donors (Lipinski definition) is 1. The molecule has 23 heavy (non-hydrogen) atoms. The lowest BCUT2D eigenvalue weighted by atomic mass is 10.2. The van der Waals surface area contributed by atoms with Crippen molar-refractivity contribution in [3.8, 4) is 0 Å². The number of benzene rings is 1. The first-order chi connectivity index (χ1) is 11.1. The molecule has 2 N–H and O–H groups in total. The molecule has 0 aliphatic rings. The van der Waals surface area contributed by atoms with Crippen LogP contribution in [0.2, 0.25) is 0 Å². The van der Waals surface area contributed by atoms with Crippen LogP contribution < -0.4 is 11.1 Å². The highest BCUT2D eigenvalue weighted by Crippen LogP contribution is 2.17. The minimum absolute atomic E-state index is 0.131. The van der Waals surface area contributed by atoms with E-state index in [1.54, 1.807) is 0 Å². The Morgan fingerprint density at radius 2 is 2.09 bits per heavy atom. The Hall–Kier alpha value is -2.94. The number of nitrogens with one attached hydrogen (secondary N) is 2. The molecule has 0 unspecified atom stereocenters. The highest BCUT2D eigenvalue weighted by Gasteiger charge is 2.17. The molecular weight excluding hydrogens is 320 g/mol. The van der Waals surface area contributed by atoms with Gasteiger partial charge in [0.15, 0.2) is 10.8 Å². The molecule has 0 spiro atoms. The van der Waals surface area contributed by atoms with Gasteiger partial charge in [0.1, 0.15) is 19.4 Å². The zero-order valence-electron chi connectivity index (χ0n) is 12.1. The molecule has 1 aromatic carbocycles. The predicted molar refractivity (Wildman–Crippen MR) is 84.0 cm³/mol. The quantitative estimate of drug-likeness (QED) is 0.642. The highest BCUT2D eigenvalue weighted by molar-refractivity contribution is 7.14. The number of thiazole rings is 1. The topological polar surface area (TPSA) is 114 Å². The smallest absolute Gasteiger partial charge is 0.413 e. The summed E-state index contributed by atoms with van der Waals surface area (Å²) in [5.41, 5.74) is 7.86. The van der Waals surface area contributed by atoms with Gasteiger partial charge in [0, 0.05) is 5.38 Å². The molecule has 0 saturated carbocycles. The first-order valence-electron chi connectivity index (χ1n) is 6.41. The second kappa shape index (κ2) is 7.90. The van der Waals surface area contributed by atoms with Crippen molar-refractivity contribution in [2.45, 2.75) is 6.61 Å². The number of anilines is 1. The van der Waals surface area contributed by atoms with Crippen LogP contribution in [0.1, 0.15) is 11.3 Å². The average molecular weight is 333 g/mol. The van der Waals surface area contributed by atoms with Crippen molar-refractivity contribution in [1.82, 2.24) is 10.7 Å². The molecule has 2 amide bonds. The molecule has 0 aliphatic carbocycles. The predicted octanol–water partition coefficient (Wildman–Crippen LogP) is 2.05. The Morgan fingerprint density at radius 3 is 2.74 bits per heavy atom. The van der Waals surface area contributed by atoms with Crippen molar-refractivity contribution in [1.29, 1.82) is 0 Å². The van der Waals surface area contributed by atoms with Crippen LogP contribution in [0.5, 0.6) is 0 Å². The number of aromatic nitrogens is 1. The Bertz CT molecular complexity index is 715. The number of oxime groups is 1. The second-order valence-corrected chi connectivity index (χ2v) is 5.03. The first-order valence-corrected chi connectivity index (χ1v) is 7.29. The lowest BCUT2D eigenvalue weighted by molar-refractivity contribution is -0.112. The van der Waals surface area contributed by atoms with E-state index < -0.39 is 12.0 Å². The normalized spacial score (nSPS) is 10.9. The Morgan fingerprint density at radius 1 is 1.35 bits per heavy atom. The Kier molecular flexibility index (Phi) is 5.64. The van der Waals surface area contributed by atoms with Gasteiger partial charge in [0.25, 0.3) is 5.91 Å². The maximum absolute atomic E-state index is 11.7. The minimum atomic E-state index is -1.03. The van der Waals surface area contributed by atoms with E-state index in [1.165, 1.54) is 12.5 Å². The second-order valence-electron chi connectivity index (χ2n) is 4.18. The highest BCUT2D eigenvalue weighted by atomic mass is 32.1. The summed E-state index contributed by atoms with van der Waals surface area (Å²) in [6.07, 6.45) is -0.669. The van der Waals surface area contributed by atoms with Gasteiger partial charge in [0.05, 0.1) is 0 Å². The molecule has 9 heteroatoms. The van der Waals surface area contributed by atoms with Crippen LogP contribution >= 0.6 is 11.3 Å². The van der Waals surface area contributed by atoms with Crippen LogP contribution in [-0.2, 0) is 21.0 Å². The summed E-state index contributed by atoms with van der Waals surface area (Å²) in [5.74, 6) is -1.03. The van der Waals surface area contributed by atoms with Crippen molar-refractivity contribution in [3.63, 3.8) is 0 Å². The van der Waals surface area contributed by atoms with Gasteiger partial charge in [-0.25, -0.2) is 9.78 Å². The molecule has 0 bridgehead atoms. The van der Waals surface area contributed by atoms with Gasteiger partial charge in [-0.3, -0.25) is 15.8 Å². The molecular formula is C14H13N4O4S. The lowest BCUT2D eigenvalue weighted by Gasteiger charge is -2.04. The van der Waals surface area contributed by atoms with E-state index >= 15 is 0 Å². The molecule has 2 aromatic rings. The van der Waals surface area contributed by atoms with Gasteiger partial charge in [-0.1, -0.05) is 35.5 Å². The third-order valence-corrected chi connectivity index (χ3v) is 3.32. The molecule has 119 valence electrons. The monoisotopic (exact) mass is 333 g/mol. The van der Waals surface area contributed by atoms with Crippen LogP contribution in [0.25, 0.3) is 0 Å². The number of rotatable bonds is 6. The summed E-state index contributed by atoms with van der Waals surface area (Å²) in [7, 11) is 1.26. The lowest BCUT2D eigenvalue weighted by Crippen LogP contribution is -2.17. The van der Waals surface area contributed by atoms with Crippen LogP contribution in [-0.4, -0.2) is 29.8 Å². The van der Waals surface area contributed by atoms with Crippen molar-refractivity contribution in [2.24, 2.45) is 5.16 Å². The SMILES string of the molecule is CON=C(C([NH])=O)c1csc(NC(=O)OCc2ccccc2)n1. The van der Waals surface area contributed by atoms with E-state index in [2.05, 4.69) is 20.3 Å². The fraction of sp³-hybridized carbons (Fsp3) is 0.143. The van der Waals surface area contributed by atoms with E-state index in [4.69, 9.17) is 10.5 Å². The maximum Gasteiger partial charge on any atom is 0.413 e. The third-order valence-electron chi connectivity index (χ3n) is 2.57. The molecule has 0 aliphatic heterocycles. The molecule has 1 aromatic heterocycles. The zero-order valence-corrected chi connectivity index (χ0v) is 12.9. The molecule has 2 rings (SSSR count). The Labute approximate surface area is 135 Å². The number of amides is 2. The van der Waals surface area contributed by atoms with Gasteiger partial charge in [0.2, 0.25) is 0 Å². The van der Waals surface area contributed by atoms with Gasteiger partial charge < -0.3 is 9.57 Å². The number of carbonyl (C=O) groups is 2. The summed E-state index contributed by atoms with van der Waals surface area (Å²) in [4.78, 5) is 31.3. The van der Waals surface area contributed by atoms with Crippen LogP contribution in [0.15, 0.2) is 40.9 Å². The largest absolute Gasteiger partial charge is 0.444 e. The van der Waals surface area contributed by atoms with E-state index in [9.17, 15) is 9.59 Å². The third kappa shape index (κ3) is 4.78. The van der Waals surface area contributed by atoms with E-state index in [1.807, 2.05) is 30.3 Å². The minimum Gasteiger partial charge on any atom is -0.444 e. The fourth-order valence-corrected chi connectivity index (χ4v) is 2.26. The zero-order chi connectivity index (χ0) is 16.7. The summed E-state index contributed by atoms with van der Waals surface area (Å²) in [6.45, 7) is 0.131. The molecule has 0 fully saturated rings. The number of hydrogen-bond acceptors (Lipinski definition) is 7. The van der Waals surface area contributed by atoms with Gasteiger partial charge in [-0.2, -0.15) is 0 Å². The summed E-state index contributed by atoms with van der Waals surface area (Å²) in [5, 5.41) is 7.60. The van der Waals surface area contributed by atoms with Crippen molar-refractivity contribution in [2.75, 3.05) is 12.4 Å². The van der Waals surface area contributed by atoms with Crippen molar-refractivity contribution in [3.05, 3.63) is 47.0 Å². The van der Waals surface area contributed by atoms with Gasteiger partial charge in [-0.15, -0.1) is 11.3 Å². The molecule has 1 radical (unpaired) electrons. The fourth-order valence-electron chi connectivity index (χ4n) is 1.58. The van der Waals surface area contributed by atoms with E-state index in [-0.39, 0.29) is 23.1 Å². The summed E-state index contributed by atoms with van der Waals surface area (Å²) < 4.78 is 5.05. The average Bonchev–Trinajstić information content (AvgIpc) is 2.99. The summed E-state index contributed by atoms with van der Waals surface area (Å²) >= 11 is 1.08. The van der Waals surface area contributed by atoms with E-state index in [0.29, 0.717) is 0 Å². The molecule has 0 saturated heterocycles. The number of nitrogens with zero attached hydrogens (tertiary/aromatic N) is 2. The Balaban J connectivity index is 1.94. The van der Waals surface area contributed by atoms with Crippen molar-refractivity contribution < 1.29 is 19.2 Å². The standard InChI is InChI=1S/C14H13N4O4S/c1-21-18-11(12(15)19)10-8-23-13(16-10)17-14(20)22-7-9-5-3-2-4-6-9/h2-6,8,15H,7H2,1H3,(H,16,17,20). The maximum atomic E-state index is 11.7. The van der Waals surface area contributed by atoms with Gasteiger partial charge in [-0.05, 0) is 5.56 Å². The van der Waals surface area contributed by atoms with Crippen LogP contribution in [0, 0.1) is 0 Å². The number of carbonyl (C=O) groups excluding carboxylic acids is 2. The first kappa shape index (κ1) is 16.4. The van der Waals surface area contributed by atoms with Crippen molar-refractivity contribution >= 4 is 34.2 Å². The molecule has 0 atom stereocenters. The molecule has 8 nitrogen and oxygen atoms in total. The van der Waals surface area contributed by atoms with E-state index in [0.717, 1.165) is 16.9 Å². The number of ether oxygens (including phenoxy) is 1. The summed E-state index contributed by atoms with van der Waals surface area (Å²) in [6, 6.07) is 9.23. The molecule has 1 heterocycles.